The first kappa shape index (κ1) is 20.4. The van der Waals surface area contributed by atoms with Crippen LogP contribution in [-0.4, -0.2) is 48.0 Å². The molecule has 0 spiro atoms. The lowest BCUT2D eigenvalue weighted by Crippen LogP contribution is -2.24. The summed E-state index contributed by atoms with van der Waals surface area (Å²) in [6.07, 6.45) is 1.16. The van der Waals surface area contributed by atoms with Crippen LogP contribution in [0.25, 0.3) is 0 Å². The van der Waals surface area contributed by atoms with Gasteiger partial charge in [-0.05, 0) is 31.9 Å². The number of hydrogen-bond acceptors (Lipinski definition) is 6. The molecule has 0 atom stereocenters. The Labute approximate surface area is 136 Å². The van der Waals surface area contributed by atoms with Crippen LogP contribution in [0.5, 0.6) is 0 Å². The lowest BCUT2D eigenvalue weighted by atomic mass is 10.2. The third-order valence-corrected chi connectivity index (χ3v) is 3.16. The standard InChI is InChI=1S/C14H23N3O4.ClH/c1-2-16(8-4-10-19)12-5-6-13(15-7-3-9-18)14(11-12)17(20)21;/h5-6,11,15,18-19H,2-4,7-10H2,1H3;1H. The maximum Gasteiger partial charge on any atom is 0.294 e. The van der Waals surface area contributed by atoms with Gasteiger partial charge in [0.15, 0.2) is 0 Å². The number of halogens is 1. The first-order valence-corrected chi connectivity index (χ1v) is 7.13. The fraction of sp³-hybridized carbons (Fsp3) is 0.571. The minimum atomic E-state index is -0.412. The minimum absolute atomic E-state index is 0. The molecule has 0 fully saturated rings. The van der Waals surface area contributed by atoms with E-state index in [-0.39, 0.29) is 31.3 Å². The van der Waals surface area contributed by atoms with Gasteiger partial charge in [0, 0.05) is 44.6 Å². The number of nitrogens with one attached hydrogen (secondary N) is 1. The van der Waals surface area contributed by atoms with Gasteiger partial charge in [-0.15, -0.1) is 12.4 Å². The molecule has 0 aromatic heterocycles. The summed E-state index contributed by atoms with van der Waals surface area (Å²) in [7, 11) is 0. The molecule has 1 aromatic rings. The normalized spacial score (nSPS) is 9.95. The molecule has 8 heteroatoms. The van der Waals surface area contributed by atoms with E-state index in [1.165, 1.54) is 0 Å². The second-order valence-electron chi connectivity index (χ2n) is 4.62. The topological polar surface area (TPSA) is 98.9 Å². The average molecular weight is 334 g/mol. The molecular formula is C14H24ClN3O4. The fourth-order valence-electron chi connectivity index (χ4n) is 2.05. The highest BCUT2D eigenvalue weighted by molar-refractivity contribution is 5.85. The Kier molecular flexibility index (Phi) is 10.3. The quantitative estimate of drug-likeness (QED) is 0.344. The zero-order chi connectivity index (χ0) is 15.7. The smallest absolute Gasteiger partial charge is 0.294 e. The van der Waals surface area contributed by atoms with E-state index in [0.29, 0.717) is 38.2 Å². The third kappa shape index (κ3) is 6.05. The summed E-state index contributed by atoms with van der Waals surface area (Å²) < 4.78 is 0. The van der Waals surface area contributed by atoms with Crippen LogP contribution in [0.15, 0.2) is 18.2 Å². The molecule has 0 bridgehead atoms. The van der Waals surface area contributed by atoms with Crippen LogP contribution in [0.4, 0.5) is 17.1 Å². The molecule has 1 aromatic carbocycles. The molecule has 0 saturated carbocycles. The van der Waals surface area contributed by atoms with Gasteiger partial charge in [-0.25, -0.2) is 0 Å². The van der Waals surface area contributed by atoms with Crippen molar-refractivity contribution in [3.63, 3.8) is 0 Å². The predicted molar refractivity (Wildman–Crippen MR) is 90.1 cm³/mol. The summed E-state index contributed by atoms with van der Waals surface area (Å²) in [4.78, 5) is 12.8. The number of anilines is 2. The van der Waals surface area contributed by atoms with Gasteiger partial charge in [0.25, 0.3) is 5.69 Å². The van der Waals surface area contributed by atoms with Crippen LogP contribution in [0.2, 0.25) is 0 Å². The Morgan fingerprint density at radius 3 is 2.50 bits per heavy atom. The highest BCUT2D eigenvalue weighted by atomic mass is 35.5. The van der Waals surface area contributed by atoms with Crippen LogP contribution >= 0.6 is 12.4 Å². The van der Waals surface area contributed by atoms with Crippen molar-refractivity contribution in [3.8, 4) is 0 Å². The fourth-order valence-corrected chi connectivity index (χ4v) is 2.05. The average Bonchev–Trinajstić information content (AvgIpc) is 2.49. The first-order chi connectivity index (χ1) is 10.1. The Morgan fingerprint density at radius 1 is 1.27 bits per heavy atom. The van der Waals surface area contributed by atoms with Crippen molar-refractivity contribution in [2.24, 2.45) is 0 Å². The van der Waals surface area contributed by atoms with Crippen molar-refractivity contribution in [3.05, 3.63) is 28.3 Å². The number of rotatable bonds is 10. The van der Waals surface area contributed by atoms with E-state index in [4.69, 9.17) is 10.2 Å². The molecule has 0 heterocycles. The number of aliphatic hydroxyl groups is 2. The molecule has 0 saturated heterocycles. The molecular weight excluding hydrogens is 310 g/mol. The van der Waals surface area contributed by atoms with E-state index in [9.17, 15) is 10.1 Å². The summed E-state index contributed by atoms with van der Waals surface area (Å²) in [6, 6.07) is 5.06. The second-order valence-corrected chi connectivity index (χ2v) is 4.62. The highest BCUT2D eigenvalue weighted by Crippen LogP contribution is 2.29. The van der Waals surface area contributed by atoms with Crippen LogP contribution in [0.3, 0.4) is 0 Å². The Hall–Kier alpha value is -1.57. The van der Waals surface area contributed by atoms with Crippen molar-refractivity contribution >= 4 is 29.5 Å². The molecule has 3 N–H and O–H groups in total. The predicted octanol–water partition coefficient (Wildman–Crippen LogP) is 2.02. The van der Waals surface area contributed by atoms with Gasteiger partial charge in [-0.3, -0.25) is 10.1 Å². The van der Waals surface area contributed by atoms with Crippen molar-refractivity contribution in [2.75, 3.05) is 43.1 Å². The zero-order valence-electron chi connectivity index (χ0n) is 12.7. The van der Waals surface area contributed by atoms with Crippen molar-refractivity contribution in [1.29, 1.82) is 0 Å². The van der Waals surface area contributed by atoms with E-state index < -0.39 is 4.92 Å². The largest absolute Gasteiger partial charge is 0.396 e. The summed E-state index contributed by atoms with van der Waals surface area (Å²) in [5, 5.41) is 31.8. The SMILES string of the molecule is CCN(CCCO)c1ccc(NCCCO)c([N+](=O)[O-])c1.Cl. The summed E-state index contributed by atoms with van der Waals surface area (Å²) in [5.41, 5.74) is 1.24. The molecule has 126 valence electrons. The maximum absolute atomic E-state index is 11.2. The molecule has 7 nitrogen and oxygen atoms in total. The Balaban J connectivity index is 0.00000441. The summed E-state index contributed by atoms with van der Waals surface area (Å²) in [5.74, 6) is 0. The number of aliphatic hydroxyl groups excluding tert-OH is 2. The second kappa shape index (κ2) is 11.1. The molecule has 0 aliphatic carbocycles. The van der Waals surface area contributed by atoms with Gasteiger partial charge in [0.05, 0.1) is 4.92 Å². The molecule has 0 radical (unpaired) electrons. The van der Waals surface area contributed by atoms with Gasteiger partial charge in [0.2, 0.25) is 0 Å². The lowest BCUT2D eigenvalue weighted by molar-refractivity contribution is -0.383. The third-order valence-electron chi connectivity index (χ3n) is 3.16. The van der Waals surface area contributed by atoms with Crippen LogP contribution in [-0.2, 0) is 0 Å². The van der Waals surface area contributed by atoms with Gasteiger partial charge < -0.3 is 20.4 Å². The molecule has 22 heavy (non-hydrogen) atoms. The Bertz CT molecular complexity index is 460. The van der Waals surface area contributed by atoms with E-state index in [1.807, 2.05) is 17.9 Å². The molecule has 0 unspecified atom stereocenters. The van der Waals surface area contributed by atoms with Crippen LogP contribution in [0, 0.1) is 10.1 Å². The van der Waals surface area contributed by atoms with E-state index in [0.717, 1.165) is 5.69 Å². The van der Waals surface area contributed by atoms with Gasteiger partial charge in [-0.2, -0.15) is 0 Å². The van der Waals surface area contributed by atoms with E-state index in [2.05, 4.69) is 5.32 Å². The highest BCUT2D eigenvalue weighted by Gasteiger charge is 2.16. The number of nitro groups is 1. The molecule has 1 rings (SSSR count). The van der Waals surface area contributed by atoms with Gasteiger partial charge in [-0.1, -0.05) is 0 Å². The summed E-state index contributed by atoms with van der Waals surface area (Å²) >= 11 is 0. The van der Waals surface area contributed by atoms with Crippen LogP contribution in [0.1, 0.15) is 19.8 Å². The first-order valence-electron chi connectivity index (χ1n) is 7.13. The van der Waals surface area contributed by atoms with Crippen molar-refractivity contribution < 1.29 is 15.1 Å². The zero-order valence-corrected chi connectivity index (χ0v) is 13.5. The molecule has 0 aliphatic heterocycles. The molecule has 0 amide bonds. The Morgan fingerprint density at radius 2 is 1.95 bits per heavy atom. The minimum Gasteiger partial charge on any atom is -0.396 e. The van der Waals surface area contributed by atoms with Gasteiger partial charge >= 0.3 is 0 Å². The van der Waals surface area contributed by atoms with Gasteiger partial charge in [0.1, 0.15) is 5.69 Å². The van der Waals surface area contributed by atoms with E-state index >= 15 is 0 Å². The molecule has 0 aliphatic rings. The number of hydrogen-bond donors (Lipinski definition) is 3. The number of benzene rings is 1. The van der Waals surface area contributed by atoms with Crippen LogP contribution < -0.4 is 10.2 Å². The lowest BCUT2D eigenvalue weighted by Gasteiger charge is -2.23. The monoisotopic (exact) mass is 333 g/mol. The summed E-state index contributed by atoms with van der Waals surface area (Å²) in [6.45, 7) is 3.97. The van der Waals surface area contributed by atoms with Crippen molar-refractivity contribution in [1.82, 2.24) is 0 Å². The van der Waals surface area contributed by atoms with E-state index in [1.54, 1.807) is 12.1 Å². The number of nitrogens with zero attached hydrogens (tertiary/aromatic N) is 2. The maximum atomic E-state index is 11.2. The number of nitro benzene ring substituents is 1. The van der Waals surface area contributed by atoms with Crippen molar-refractivity contribution in [2.45, 2.75) is 19.8 Å².